The zero-order chi connectivity index (χ0) is 25.1. The quantitative estimate of drug-likeness (QED) is 0.215. The monoisotopic (exact) mass is 489 g/mol. The smallest absolute Gasteiger partial charge is 0.281 e. The maximum absolute atomic E-state index is 13.1. The van der Waals surface area contributed by atoms with Crippen molar-refractivity contribution in [3.63, 3.8) is 0 Å². The second-order valence-electron chi connectivity index (χ2n) is 8.03. The van der Waals surface area contributed by atoms with Gasteiger partial charge in [0.25, 0.3) is 11.6 Å². The van der Waals surface area contributed by atoms with E-state index in [1.54, 1.807) is 38.3 Å². The van der Waals surface area contributed by atoms with Crippen LogP contribution in [0.4, 0.5) is 11.4 Å². The Kier molecular flexibility index (Phi) is 6.79. The highest BCUT2D eigenvalue weighted by Crippen LogP contribution is 2.28. The lowest BCUT2D eigenvalue weighted by Gasteiger charge is -2.14. The molecule has 3 aromatic rings. The van der Waals surface area contributed by atoms with Gasteiger partial charge in [0.15, 0.2) is 5.11 Å². The zero-order valence-corrected chi connectivity index (χ0v) is 20.2. The number of nitrogens with one attached hydrogen (secondary N) is 1. The third-order valence-corrected chi connectivity index (χ3v) is 5.80. The lowest BCUT2D eigenvalue weighted by Crippen LogP contribution is -2.30. The highest BCUT2D eigenvalue weighted by molar-refractivity contribution is 7.80. The molecule has 1 aliphatic heterocycles. The Hall–Kier alpha value is -4.24. The second kappa shape index (κ2) is 9.94. The molecule has 8 nitrogen and oxygen atoms in total. The predicted molar refractivity (Wildman–Crippen MR) is 138 cm³/mol. The Bertz CT molecular complexity index is 1370. The molecule has 0 unspecified atom stereocenters. The number of benzene rings is 3. The molecule has 4 rings (SSSR count). The van der Waals surface area contributed by atoms with Gasteiger partial charge >= 0.3 is 0 Å². The zero-order valence-electron chi connectivity index (χ0n) is 19.4. The van der Waals surface area contributed by atoms with Crippen molar-refractivity contribution in [3.05, 3.63) is 98.7 Å². The minimum Gasteiger partial charge on any atom is -0.496 e. The Morgan fingerprint density at radius 1 is 1.11 bits per heavy atom. The average molecular weight is 490 g/mol. The Morgan fingerprint density at radius 3 is 2.60 bits per heavy atom. The van der Waals surface area contributed by atoms with Crippen LogP contribution in [0.1, 0.15) is 22.3 Å². The molecule has 0 aromatic heterocycles. The molecular weight excluding hydrogens is 466 g/mol. The van der Waals surface area contributed by atoms with Gasteiger partial charge in [0.05, 0.1) is 17.7 Å². The number of hydrogen-bond acceptors (Lipinski definition) is 6. The fourth-order valence-corrected chi connectivity index (χ4v) is 4.09. The van der Waals surface area contributed by atoms with E-state index in [4.69, 9.17) is 21.7 Å². The van der Waals surface area contributed by atoms with Gasteiger partial charge in [-0.15, -0.1) is 0 Å². The van der Waals surface area contributed by atoms with Crippen LogP contribution in [0.2, 0.25) is 0 Å². The van der Waals surface area contributed by atoms with E-state index in [9.17, 15) is 14.9 Å². The first kappa shape index (κ1) is 23.9. The summed E-state index contributed by atoms with van der Waals surface area (Å²) in [5.74, 6) is 0.884. The first-order valence-corrected chi connectivity index (χ1v) is 11.2. The van der Waals surface area contributed by atoms with Crippen LogP contribution in [0.15, 0.2) is 66.4 Å². The van der Waals surface area contributed by atoms with Gasteiger partial charge in [-0.25, -0.2) is 0 Å². The topological polar surface area (TPSA) is 93.9 Å². The fourth-order valence-electron chi connectivity index (χ4n) is 3.79. The van der Waals surface area contributed by atoms with Gasteiger partial charge in [-0.1, -0.05) is 18.2 Å². The molecule has 0 spiro atoms. The van der Waals surface area contributed by atoms with E-state index in [1.807, 2.05) is 43.3 Å². The van der Waals surface area contributed by atoms with E-state index in [-0.39, 0.29) is 18.2 Å². The number of anilines is 1. The molecule has 0 saturated carbocycles. The number of thiocarbonyl (C=S) groups is 1. The minimum absolute atomic E-state index is 0.0369. The van der Waals surface area contributed by atoms with Crippen LogP contribution >= 0.6 is 12.2 Å². The molecule has 3 aromatic carbocycles. The molecule has 1 fully saturated rings. The molecule has 1 N–H and O–H groups in total. The summed E-state index contributed by atoms with van der Waals surface area (Å²) in [5.41, 5.74) is 4.15. The van der Waals surface area contributed by atoms with Gasteiger partial charge in [-0.05, 0) is 79.7 Å². The summed E-state index contributed by atoms with van der Waals surface area (Å²) in [7, 11) is 1.56. The van der Waals surface area contributed by atoms with Crippen LogP contribution in [0, 0.1) is 24.0 Å². The Balaban J connectivity index is 1.56. The van der Waals surface area contributed by atoms with E-state index < -0.39 is 4.92 Å². The van der Waals surface area contributed by atoms with E-state index in [2.05, 4.69) is 5.32 Å². The van der Waals surface area contributed by atoms with Crippen molar-refractivity contribution >= 4 is 40.7 Å². The molecule has 178 valence electrons. The van der Waals surface area contributed by atoms with Crippen molar-refractivity contribution in [3.8, 4) is 11.5 Å². The van der Waals surface area contributed by atoms with Gasteiger partial charge in [-0.3, -0.25) is 19.8 Å². The average Bonchev–Trinajstić information content (AvgIpc) is 3.10. The number of nitrogens with zero attached hydrogens (tertiary/aromatic N) is 2. The second-order valence-corrected chi connectivity index (χ2v) is 8.42. The summed E-state index contributed by atoms with van der Waals surface area (Å²) in [6.45, 7) is 3.79. The molecule has 35 heavy (non-hydrogen) atoms. The van der Waals surface area contributed by atoms with Gasteiger partial charge in [0.1, 0.15) is 23.8 Å². The van der Waals surface area contributed by atoms with Crippen LogP contribution in [0.25, 0.3) is 6.08 Å². The molecular formula is C26H23N3O5S. The van der Waals surface area contributed by atoms with Crippen molar-refractivity contribution in [1.82, 2.24) is 5.32 Å². The molecule has 0 atom stereocenters. The number of nitro benzene ring substituents is 1. The largest absolute Gasteiger partial charge is 0.496 e. The van der Waals surface area contributed by atoms with Crippen molar-refractivity contribution in [2.24, 2.45) is 0 Å². The number of carbonyl (C=O) groups excluding carboxylic acids is 1. The lowest BCUT2D eigenvalue weighted by molar-refractivity contribution is -0.385. The first-order chi connectivity index (χ1) is 16.8. The number of nitro groups is 1. The van der Waals surface area contributed by atoms with Crippen LogP contribution in [0.3, 0.4) is 0 Å². The molecule has 0 aliphatic carbocycles. The van der Waals surface area contributed by atoms with Crippen LogP contribution < -0.4 is 19.7 Å². The summed E-state index contributed by atoms with van der Waals surface area (Å²) >= 11 is 5.40. The van der Waals surface area contributed by atoms with E-state index >= 15 is 0 Å². The highest BCUT2D eigenvalue weighted by atomic mass is 32.1. The molecule has 1 aliphatic rings. The van der Waals surface area contributed by atoms with Gasteiger partial charge < -0.3 is 14.8 Å². The number of carbonyl (C=O) groups is 1. The first-order valence-electron chi connectivity index (χ1n) is 10.8. The maximum atomic E-state index is 13.1. The van der Waals surface area contributed by atoms with Crippen molar-refractivity contribution in [2.75, 3.05) is 12.0 Å². The van der Waals surface area contributed by atoms with Crippen LogP contribution in [-0.4, -0.2) is 23.1 Å². The SMILES string of the molecule is COc1ccc(/C=C2/NC(=S)N(c3cccc(C)c3)C2=O)cc1COc1ccc([N+](=O)[O-])c(C)c1. The summed E-state index contributed by atoms with van der Waals surface area (Å²) in [6, 6.07) is 17.7. The third-order valence-electron chi connectivity index (χ3n) is 5.51. The number of methoxy groups -OCH3 is 1. The lowest BCUT2D eigenvalue weighted by atomic mass is 10.1. The normalized spacial score (nSPS) is 14.3. The number of amides is 1. The molecule has 0 radical (unpaired) electrons. The fraction of sp³-hybridized carbons (Fsp3) is 0.154. The molecule has 1 saturated heterocycles. The van der Waals surface area contributed by atoms with E-state index in [0.29, 0.717) is 33.6 Å². The minimum atomic E-state index is -0.427. The summed E-state index contributed by atoms with van der Waals surface area (Å²) < 4.78 is 11.3. The van der Waals surface area contributed by atoms with Crippen molar-refractivity contribution in [1.29, 1.82) is 0 Å². The highest BCUT2D eigenvalue weighted by Gasteiger charge is 2.32. The summed E-state index contributed by atoms with van der Waals surface area (Å²) in [5, 5.41) is 14.4. The standard InChI is InChI=1S/C26H23N3O5S/c1-16-5-4-6-20(11-16)28-25(30)22(27-26(28)35)14-18-7-10-24(33-3)19(13-18)15-34-21-8-9-23(29(31)32)17(2)12-21/h4-14H,15H2,1-3H3,(H,27,35)/b22-14+. The van der Waals surface area contributed by atoms with Gasteiger partial charge in [0.2, 0.25) is 0 Å². The van der Waals surface area contributed by atoms with Crippen molar-refractivity contribution < 1.29 is 19.2 Å². The van der Waals surface area contributed by atoms with Crippen LogP contribution in [0.5, 0.6) is 11.5 Å². The van der Waals surface area contributed by atoms with Gasteiger partial charge in [-0.2, -0.15) is 0 Å². The van der Waals surface area contributed by atoms with Crippen molar-refractivity contribution in [2.45, 2.75) is 20.5 Å². The van der Waals surface area contributed by atoms with Gasteiger partial charge in [0, 0.05) is 17.2 Å². The summed E-state index contributed by atoms with van der Waals surface area (Å²) in [6.07, 6.45) is 1.73. The summed E-state index contributed by atoms with van der Waals surface area (Å²) in [4.78, 5) is 25.1. The number of aryl methyl sites for hydroxylation is 2. The molecule has 0 bridgehead atoms. The molecule has 9 heteroatoms. The number of rotatable bonds is 7. The number of hydrogen-bond donors (Lipinski definition) is 1. The van der Waals surface area contributed by atoms with E-state index in [0.717, 1.165) is 16.7 Å². The predicted octanol–water partition coefficient (Wildman–Crippen LogP) is 5.06. The van der Waals surface area contributed by atoms with Crippen LogP contribution in [-0.2, 0) is 11.4 Å². The molecule has 1 heterocycles. The van der Waals surface area contributed by atoms with E-state index in [1.165, 1.54) is 11.0 Å². The third kappa shape index (κ3) is 5.15. The number of ether oxygens (including phenoxy) is 2. The Morgan fingerprint density at radius 2 is 1.91 bits per heavy atom. The Labute approximate surface area is 207 Å². The molecule has 1 amide bonds. The maximum Gasteiger partial charge on any atom is 0.281 e.